The van der Waals surface area contributed by atoms with Crippen LogP contribution < -0.4 is 10.2 Å². The number of nitrogens with zero attached hydrogens (tertiary/aromatic N) is 2. The van der Waals surface area contributed by atoms with Gasteiger partial charge in [0.2, 0.25) is 0 Å². The van der Waals surface area contributed by atoms with E-state index in [0.29, 0.717) is 6.04 Å². The molecular formula is C17H28ClN3. The van der Waals surface area contributed by atoms with Crippen molar-refractivity contribution in [3.8, 4) is 0 Å². The predicted molar refractivity (Wildman–Crippen MR) is 93.8 cm³/mol. The Bertz CT molecular complexity index is 448. The maximum Gasteiger partial charge on any atom is 0.0597 e. The SMILES string of the molecule is CCCN1CCCC(Nc2cc(Cl)ccc2N(C)C)CC1. The van der Waals surface area contributed by atoms with Crippen LogP contribution in [-0.4, -0.2) is 44.7 Å². The van der Waals surface area contributed by atoms with E-state index < -0.39 is 0 Å². The van der Waals surface area contributed by atoms with Gasteiger partial charge in [-0.05, 0) is 57.0 Å². The molecule has 1 saturated heterocycles. The third-order valence-electron chi connectivity index (χ3n) is 4.16. The van der Waals surface area contributed by atoms with Crippen molar-refractivity contribution in [2.75, 3.05) is 43.9 Å². The summed E-state index contributed by atoms with van der Waals surface area (Å²) in [6.07, 6.45) is 4.96. The standard InChI is InChI=1S/C17H28ClN3/c1-4-10-21-11-5-6-15(9-12-21)19-16-13-14(18)7-8-17(16)20(2)3/h7-8,13,15,19H,4-6,9-12H2,1-3H3. The molecule has 1 unspecified atom stereocenters. The number of anilines is 2. The number of rotatable bonds is 5. The normalized spacial score (nSPS) is 20.1. The summed E-state index contributed by atoms with van der Waals surface area (Å²) in [4.78, 5) is 4.73. The monoisotopic (exact) mass is 309 g/mol. The van der Waals surface area contributed by atoms with Crippen LogP contribution in [0.3, 0.4) is 0 Å². The Morgan fingerprint density at radius 1 is 1.29 bits per heavy atom. The summed E-state index contributed by atoms with van der Waals surface area (Å²) in [5.41, 5.74) is 2.36. The molecule has 1 fully saturated rings. The second kappa shape index (κ2) is 7.90. The first-order valence-corrected chi connectivity index (χ1v) is 8.43. The Kier molecular flexibility index (Phi) is 6.19. The molecule has 1 N–H and O–H groups in total. The highest BCUT2D eigenvalue weighted by molar-refractivity contribution is 6.31. The van der Waals surface area contributed by atoms with E-state index in [1.165, 1.54) is 51.0 Å². The molecular weight excluding hydrogens is 282 g/mol. The molecule has 1 aromatic carbocycles. The molecule has 0 amide bonds. The van der Waals surface area contributed by atoms with Crippen molar-refractivity contribution in [1.29, 1.82) is 0 Å². The third kappa shape index (κ3) is 4.79. The summed E-state index contributed by atoms with van der Waals surface area (Å²) >= 11 is 6.17. The minimum Gasteiger partial charge on any atom is -0.381 e. The topological polar surface area (TPSA) is 18.5 Å². The Morgan fingerprint density at radius 2 is 2.10 bits per heavy atom. The highest BCUT2D eigenvalue weighted by atomic mass is 35.5. The lowest BCUT2D eigenvalue weighted by Crippen LogP contribution is -2.27. The largest absolute Gasteiger partial charge is 0.381 e. The molecule has 0 radical (unpaired) electrons. The third-order valence-corrected chi connectivity index (χ3v) is 4.40. The van der Waals surface area contributed by atoms with Crippen LogP contribution in [0.25, 0.3) is 0 Å². The van der Waals surface area contributed by atoms with E-state index in [1.807, 2.05) is 12.1 Å². The van der Waals surface area contributed by atoms with Gasteiger partial charge in [0.1, 0.15) is 0 Å². The fourth-order valence-corrected chi connectivity index (χ4v) is 3.25. The Labute approximate surface area is 134 Å². The lowest BCUT2D eigenvalue weighted by atomic mass is 10.1. The van der Waals surface area contributed by atoms with Crippen molar-refractivity contribution in [1.82, 2.24) is 4.90 Å². The maximum atomic E-state index is 6.17. The van der Waals surface area contributed by atoms with Crippen LogP contribution in [0.2, 0.25) is 5.02 Å². The van der Waals surface area contributed by atoms with Gasteiger partial charge >= 0.3 is 0 Å². The van der Waals surface area contributed by atoms with E-state index in [0.717, 1.165) is 10.7 Å². The van der Waals surface area contributed by atoms with Crippen LogP contribution in [0.4, 0.5) is 11.4 Å². The zero-order valence-corrected chi connectivity index (χ0v) is 14.3. The smallest absolute Gasteiger partial charge is 0.0597 e. The second-order valence-corrected chi connectivity index (χ2v) is 6.61. The molecule has 0 spiro atoms. The molecule has 2 rings (SSSR count). The van der Waals surface area contributed by atoms with Crippen LogP contribution in [0.15, 0.2) is 18.2 Å². The number of hydrogen-bond donors (Lipinski definition) is 1. The van der Waals surface area contributed by atoms with Crippen LogP contribution >= 0.6 is 11.6 Å². The summed E-state index contributed by atoms with van der Waals surface area (Å²) < 4.78 is 0. The molecule has 0 saturated carbocycles. The molecule has 1 heterocycles. The van der Waals surface area contributed by atoms with E-state index in [2.05, 4.69) is 42.2 Å². The molecule has 0 bridgehead atoms. The first-order valence-electron chi connectivity index (χ1n) is 8.06. The fraction of sp³-hybridized carbons (Fsp3) is 0.647. The van der Waals surface area contributed by atoms with E-state index in [4.69, 9.17) is 11.6 Å². The molecule has 1 aliphatic heterocycles. The molecule has 0 aliphatic carbocycles. The minimum atomic E-state index is 0.545. The van der Waals surface area contributed by atoms with Crippen molar-refractivity contribution in [3.05, 3.63) is 23.2 Å². The summed E-state index contributed by atoms with van der Waals surface area (Å²) in [5.74, 6) is 0. The minimum absolute atomic E-state index is 0.545. The second-order valence-electron chi connectivity index (χ2n) is 6.17. The Balaban J connectivity index is 2.02. The van der Waals surface area contributed by atoms with Crippen molar-refractivity contribution >= 4 is 23.0 Å². The molecule has 1 aliphatic rings. The molecule has 0 aromatic heterocycles. The zero-order valence-electron chi connectivity index (χ0n) is 13.5. The van der Waals surface area contributed by atoms with E-state index in [9.17, 15) is 0 Å². The van der Waals surface area contributed by atoms with Crippen LogP contribution in [-0.2, 0) is 0 Å². The molecule has 4 heteroatoms. The number of hydrogen-bond acceptors (Lipinski definition) is 3. The van der Waals surface area contributed by atoms with Crippen molar-refractivity contribution in [2.45, 2.75) is 38.6 Å². The number of halogens is 1. The van der Waals surface area contributed by atoms with E-state index in [1.54, 1.807) is 0 Å². The van der Waals surface area contributed by atoms with Crippen molar-refractivity contribution < 1.29 is 0 Å². The molecule has 21 heavy (non-hydrogen) atoms. The van der Waals surface area contributed by atoms with Gasteiger partial charge in [-0.2, -0.15) is 0 Å². The first kappa shape index (κ1) is 16.4. The lowest BCUT2D eigenvalue weighted by molar-refractivity contribution is 0.285. The van der Waals surface area contributed by atoms with Gasteiger partial charge in [0, 0.05) is 31.7 Å². The molecule has 118 valence electrons. The Morgan fingerprint density at radius 3 is 2.81 bits per heavy atom. The quantitative estimate of drug-likeness (QED) is 0.884. The average molecular weight is 310 g/mol. The lowest BCUT2D eigenvalue weighted by Gasteiger charge is -2.24. The van der Waals surface area contributed by atoms with E-state index in [-0.39, 0.29) is 0 Å². The number of likely N-dealkylation sites (tertiary alicyclic amines) is 1. The Hall–Kier alpha value is -0.930. The van der Waals surface area contributed by atoms with Crippen LogP contribution in [0, 0.1) is 0 Å². The molecule has 1 atom stereocenters. The van der Waals surface area contributed by atoms with Crippen LogP contribution in [0.5, 0.6) is 0 Å². The van der Waals surface area contributed by atoms with Gasteiger partial charge in [-0.25, -0.2) is 0 Å². The van der Waals surface area contributed by atoms with Gasteiger partial charge in [0.05, 0.1) is 11.4 Å². The summed E-state index contributed by atoms with van der Waals surface area (Å²) in [6.45, 7) is 5.92. The maximum absolute atomic E-state index is 6.17. The van der Waals surface area contributed by atoms with Crippen molar-refractivity contribution in [2.24, 2.45) is 0 Å². The van der Waals surface area contributed by atoms with Crippen LogP contribution in [0.1, 0.15) is 32.6 Å². The summed E-state index contributed by atoms with van der Waals surface area (Å²) in [6, 6.07) is 6.64. The number of benzene rings is 1. The molecule has 3 nitrogen and oxygen atoms in total. The summed E-state index contributed by atoms with van der Waals surface area (Å²) in [5, 5.41) is 4.52. The highest BCUT2D eigenvalue weighted by Gasteiger charge is 2.17. The van der Waals surface area contributed by atoms with E-state index >= 15 is 0 Å². The molecule has 1 aromatic rings. The van der Waals surface area contributed by atoms with Gasteiger partial charge in [0.15, 0.2) is 0 Å². The highest BCUT2D eigenvalue weighted by Crippen LogP contribution is 2.29. The zero-order chi connectivity index (χ0) is 15.2. The summed E-state index contributed by atoms with van der Waals surface area (Å²) in [7, 11) is 4.15. The van der Waals surface area contributed by atoms with Crippen molar-refractivity contribution in [3.63, 3.8) is 0 Å². The average Bonchev–Trinajstić information content (AvgIpc) is 2.65. The first-order chi connectivity index (χ1) is 10.1. The predicted octanol–water partition coefficient (Wildman–Crippen LogP) is 4.08. The fourth-order valence-electron chi connectivity index (χ4n) is 3.07. The number of nitrogens with one attached hydrogen (secondary N) is 1. The van der Waals surface area contributed by atoms with Gasteiger partial charge in [-0.3, -0.25) is 0 Å². The van der Waals surface area contributed by atoms with Gasteiger partial charge in [-0.15, -0.1) is 0 Å². The van der Waals surface area contributed by atoms with Gasteiger partial charge in [0.25, 0.3) is 0 Å². The van der Waals surface area contributed by atoms with Gasteiger partial charge in [-0.1, -0.05) is 18.5 Å². The van der Waals surface area contributed by atoms with Gasteiger partial charge < -0.3 is 15.1 Å².